The van der Waals surface area contributed by atoms with Gasteiger partial charge in [0.1, 0.15) is 0 Å². The largest absolute Gasteiger partial charge is 0.416 e. The van der Waals surface area contributed by atoms with Gasteiger partial charge in [0.2, 0.25) is 15.9 Å². The Morgan fingerprint density at radius 3 is 2.15 bits per heavy atom. The smallest absolute Gasteiger partial charge is 0.340 e. The van der Waals surface area contributed by atoms with E-state index in [1.54, 1.807) is 18.2 Å². The second-order valence-electron chi connectivity index (χ2n) is 6.05. The SMILES string of the molecule is CC(NS(=O)(=O)c1ccccc1)C(=O)N(C)Cc1ccc(C(F)(F)F)cc1. The first-order chi connectivity index (χ1) is 12.5. The molecule has 2 aromatic rings. The Labute approximate surface area is 155 Å². The van der Waals surface area contributed by atoms with Gasteiger partial charge in [-0.3, -0.25) is 4.79 Å². The predicted octanol–water partition coefficient (Wildman–Crippen LogP) is 3.03. The van der Waals surface area contributed by atoms with Crippen LogP contribution < -0.4 is 4.72 Å². The molecule has 9 heteroatoms. The normalized spacial score (nSPS) is 13.2. The molecule has 0 spiro atoms. The van der Waals surface area contributed by atoms with Gasteiger partial charge in [-0.1, -0.05) is 30.3 Å². The van der Waals surface area contributed by atoms with Crippen molar-refractivity contribution in [1.82, 2.24) is 9.62 Å². The predicted molar refractivity (Wildman–Crippen MR) is 94.1 cm³/mol. The second-order valence-corrected chi connectivity index (χ2v) is 7.76. The van der Waals surface area contributed by atoms with Crippen molar-refractivity contribution in [2.45, 2.75) is 30.6 Å². The minimum absolute atomic E-state index is 0.0371. The van der Waals surface area contributed by atoms with E-state index < -0.39 is 33.7 Å². The molecule has 27 heavy (non-hydrogen) atoms. The quantitative estimate of drug-likeness (QED) is 0.811. The van der Waals surface area contributed by atoms with Crippen LogP contribution in [0, 0.1) is 0 Å². The molecular weight excluding hydrogens is 381 g/mol. The van der Waals surface area contributed by atoms with E-state index in [-0.39, 0.29) is 11.4 Å². The Bertz CT molecular complexity index is 882. The molecule has 0 saturated carbocycles. The highest BCUT2D eigenvalue weighted by Crippen LogP contribution is 2.29. The number of alkyl halides is 3. The molecular formula is C18H19F3N2O3S. The maximum Gasteiger partial charge on any atom is 0.416 e. The van der Waals surface area contributed by atoms with Gasteiger partial charge in [0.15, 0.2) is 0 Å². The zero-order valence-electron chi connectivity index (χ0n) is 14.7. The van der Waals surface area contributed by atoms with Gasteiger partial charge in [-0.15, -0.1) is 0 Å². The fourth-order valence-electron chi connectivity index (χ4n) is 2.43. The monoisotopic (exact) mass is 400 g/mol. The zero-order chi connectivity index (χ0) is 20.2. The van der Waals surface area contributed by atoms with Crippen LogP contribution in [0.4, 0.5) is 13.2 Å². The van der Waals surface area contributed by atoms with Gasteiger partial charge >= 0.3 is 6.18 Å². The highest BCUT2D eigenvalue weighted by Gasteiger charge is 2.30. The number of nitrogens with zero attached hydrogens (tertiary/aromatic N) is 1. The van der Waals surface area contributed by atoms with Crippen LogP contribution in [0.5, 0.6) is 0 Å². The molecule has 1 unspecified atom stereocenters. The van der Waals surface area contributed by atoms with Crippen molar-refractivity contribution in [1.29, 1.82) is 0 Å². The van der Waals surface area contributed by atoms with Crippen LogP contribution in [-0.4, -0.2) is 32.3 Å². The number of halogens is 3. The lowest BCUT2D eigenvalue weighted by atomic mass is 10.1. The summed E-state index contributed by atoms with van der Waals surface area (Å²) in [4.78, 5) is 13.7. The third kappa shape index (κ3) is 5.54. The Hall–Kier alpha value is -2.39. The van der Waals surface area contributed by atoms with Crippen molar-refractivity contribution >= 4 is 15.9 Å². The van der Waals surface area contributed by atoms with E-state index >= 15 is 0 Å². The Balaban J connectivity index is 2.02. The molecule has 0 saturated heterocycles. The third-order valence-corrected chi connectivity index (χ3v) is 5.39. The number of carbonyl (C=O) groups excluding carboxylic acids is 1. The summed E-state index contributed by atoms with van der Waals surface area (Å²) in [5.41, 5.74) is -0.277. The second kappa shape index (κ2) is 8.10. The fourth-order valence-corrected chi connectivity index (χ4v) is 3.65. The first-order valence-electron chi connectivity index (χ1n) is 7.99. The van der Waals surface area contributed by atoms with Crippen molar-refractivity contribution in [3.8, 4) is 0 Å². The summed E-state index contributed by atoms with van der Waals surface area (Å²) in [6, 6.07) is 11.0. The van der Waals surface area contributed by atoms with Crippen LogP contribution in [0.25, 0.3) is 0 Å². The van der Waals surface area contributed by atoms with E-state index in [9.17, 15) is 26.4 Å². The van der Waals surface area contributed by atoms with Gasteiger partial charge in [0.25, 0.3) is 0 Å². The Kier molecular flexibility index (Phi) is 6.27. The van der Waals surface area contributed by atoms with Gasteiger partial charge in [-0.2, -0.15) is 17.9 Å². The number of amides is 1. The molecule has 2 aromatic carbocycles. The highest BCUT2D eigenvalue weighted by molar-refractivity contribution is 7.89. The van der Waals surface area contributed by atoms with E-state index in [1.165, 1.54) is 43.1 Å². The van der Waals surface area contributed by atoms with Gasteiger partial charge in [0, 0.05) is 13.6 Å². The van der Waals surface area contributed by atoms with Crippen molar-refractivity contribution in [3.05, 3.63) is 65.7 Å². The average molecular weight is 400 g/mol. The molecule has 0 fully saturated rings. The number of sulfonamides is 1. The van der Waals surface area contributed by atoms with Crippen molar-refractivity contribution in [2.75, 3.05) is 7.05 Å². The number of hydrogen-bond donors (Lipinski definition) is 1. The van der Waals surface area contributed by atoms with Crippen LogP contribution in [0.3, 0.4) is 0 Å². The maximum absolute atomic E-state index is 12.6. The van der Waals surface area contributed by atoms with E-state index in [2.05, 4.69) is 4.72 Å². The molecule has 0 radical (unpaired) electrons. The van der Waals surface area contributed by atoms with E-state index in [4.69, 9.17) is 0 Å². The fraction of sp³-hybridized carbons (Fsp3) is 0.278. The number of hydrogen-bond acceptors (Lipinski definition) is 3. The lowest BCUT2D eigenvalue weighted by Crippen LogP contribution is -2.45. The topological polar surface area (TPSA) is 66.5 Å². The minimum atomic E-state index is -4.43. The zero-order valence-corrected chi connectivity index (χ0v) is 15.5. The Morgan fingerprint density at radius 1 is 1.07 bits per heavy atom. The lowest BCUT2D eigenvalue weighted by Gasteiger charge is -2.22. The molecule has 5 nitrogen and oxygen atoms in total. The molecule has 1 amide bonds. The summed E-state index contributed by atoms with van der Waals surface area (Å²) in [6.07, 6.45) is -4.43. The minimum Gasteiger partial charge on any atom is -0.340 e. The van der Waals surface area contributed by atoms with E-state index in [0.717, 1.165) is 12.1 Å². The number of nitrogens with one attached hydrogen (secondary N) is 1. The molecule has 146 valence electrons. The van der Waals surface area contributed by atoms with Crippen LogP contribution >= 0.6 is 0 Å². The van der Waals surface area contributed by atoms with Crippen molar-refractivity contribution < 1.29 is 26.4 Å². The third-order valence-electron chi connectivity index (χ3n) is 3.83. The van der Waals surface area contributed by atoms with Crippen LogP contribution in [0.1, 0.15) is 18.1 Å². The number of likely N-dealkylation sites (N-methyl/N-ethyl adjacent to an activating group) is 1. The molecule has 0 aliphatic rings. The highest BCUT2D eigenvalue weighted by atomic mass is 32.2. The molecule has 1 N–H and O–H groups in total. The Morgan fingerprint density at radius 2 is 1.63 bits per heavy atom. The van der Waals surface area contributed by atoms with Gasteiger partial charge in [-0.25, -0.2) is 8.42 Å². The molecule has 0 bridgehead atoms. The number of carbonyl (C=O) groups is 1. The standard InChI is InChI=1S/C18H19F3N2O3S/c1-13(22-27(25,26)16-6-4-3-5-7-16)17(24)23(2)12-14-8-10-15(11-9-14)18(19,20)21/h3-11,13,22H,12H2,1-2H3. The summed E-state index contributed by atoms with van der Waals surface area (Å²) in [6.45, 7) is 1.46. The summed E-state index contributed by atoms with van der Waals surface area (Å²) in [7, 11) is -2.40. The number of benzene rings is 2. The summed E-state index contributed by atoms with van der Waals surface area (Å²) >= 11 is 0. The summed E-state index contributed by atoms with van der Waals surface area (Å²) < 4.78 is 64.6. The first kappa shape index (κ1) is 20.9. The summed E-state index contributed by atoms with van der Waals surface area (Å²) in [5.74, 6) is -0.505. The van der Waals surface area contributed by atoms with E-state index in [1.807, 2.05) is 0 Å². The van der Waals surface area contributed by atoms with Crippen LogP contribution in [0.2, 0.25) is 0 Å². The molecule has 0 heterocycles. The van der Waals surface area contributed by atoms with E-state index in [0.29, 0.717) is 5.56 Å². The van der Waals surface area contributed by atoms with Crippen LogP contribution in [-0.2, 0) is 27.5 Å². The first-order valence-corrected chi connectivity index (χ1v) is 9.47. The maximum atomic E-state index is 12.6. The molecule has 0 aliphatic carbocycles. The average Bonchev–Trinajstić information content (AvgIpc) is 2.61. The molecule has 0 aromatic heterocycles. The summed E-state index contributed by atoms with van der Waals surface area (Å²) in [5, 5.41) is 0. The molecule has 1 atom stereocenters. The molecule has 2 rings (SSSR count). The van der Waals surface area contributed by atoms with Gasteiger partial charge in [0.05, 0.1) is 16.5 Å². The van der Waals surface area contributed by atoms with Crippen LogP contribution in [0.15, 0.2) is 59.5 Å². The lowest BCUT2D eigenvalue weighted by molar-refractivity contribution is -0.137. The molecule has 0 aliphatic heterocycles. The number of rotatable bonds is 6. The van der Waals surface area contributed by atoms with Gasteiger partial charge in [-0.05, 0) is 36.8 Å². The van der Waals surface area contributed by atoms with Gasteiger partial charge < -0.3 is 4.90 Å². The van der Waals surface area contributed by atoms with Crippen molar-refractivity contribution in [2.24, 2.45) is 0 Å². The van der Waals surface area contributed by atoms with Crippen molar-refractivity contribution in [3.63, 3.8) is 0 Å².